The van der Waals surface area contributed by atoms with E-state index in [2.05, 4.69) is 6.58 Å². The first kappa shape index (κ1) is 26.2. The van der Waals surface area contributed by atoms with Gasteiger partial charge < -0.3 is 4.74 Å². The summed E-state index contributed by atoms with van der Waals surface area (Å²) in [6, 6.07) is 0. The van der Waals surface area contributed by atoms with Crippen molar-refractivity contribution in [3.63, 3.8) is 0 Å². The zero-order valence-electron chi connectivity index (χ0n) is 17.7. The molecule has 0 spiro atoms. The maximum absolute atomic E-state index is 13.1. The van der Waals surface area contributed by atoms with Gasteiger partial charge in [-0.3, -0.25) is 9.69 Å². The number of nitrogens with zero attached hydrogens (tertiary/aromatic N) is 1. The van der Waals surface area contributed by atoms with E-state index in [-0.39, 0.29) is 28.9 Å². The van der Waals surface area contributed by atoms with E-state index in [1.165, 1.54) is 0 Å². The number of amides is 1. The Balaban J connectivity index is 0.000000610. The number of hydrogen-bond acceptors (Lipinski definition) is 3. The van der Waals surface area contributed by atoms with Crippen LogP contribution < -0.4 is 0 Å². The molecule has 4 nitrogen and oxygen atoms in total. The van der Waals surface area contributed by atoms with Crippen LogP contribution in [0, 0.1) is 69.1 Å². The van der Waals surface area contributed by atoms with Gasteiger partial charge in [0.25, 0.3) is 0 Å². The third-order valence-electron chi connectivity index (χ3n) is 4.83. The molecule has 1 heterocycles. The van der Waals surface area contributed by atoms with Crippen molar-refractivity contribution < 1.29 is 31.4 Å². The van der Waals surface area contributed by atoms with Crippen LogP contribution in [0.2, 0.25) is 0 Å². The Morgan fingerprint density at radius 3 is 2.07 bits per heavy atom. The Labute approximate surface area is 188 Å². The van der Waals surface area contributed by atoms with Crippen molar-refractivity contribution in [1.82, 2.24) is 4.90 Å². The molecular weight excluding hydrogens is 406 g/mol. The Kier molecular flexibility index (Phi) is 10.5. The molecule has 0 bridgehead atoms. The topological polar surface area (TPSA) is 46.6 Å². The SMILES string of the molecule is C=CC[C@]1(CCC)C(=O)O[C@@H]([C]2[CH][CH][CH][CH]2)N1C(=O)C(C)(C)C.[CH]1[CH][CH][CH][CH]1.[Fe+2]. The Morgan fingerprint density at radius 2 is 1.66 bits per heavy atom. The molecule has 3 aliphatic rings. The number of carbonyl (C=O) groups is 2. The van der Waals surface area contributed by atoms with Crippen LogP contribution in [-0.4, -0.2) is 28.5 Å². The van der Waals surface area contributed by atoms with Crippen LogP contribution in [-0.2, 0) is 31.4 Å². The molecule has 5 heteroatoms. The minimum Gasteiger partial charge on any atom is -0.439 e. The molecule has 10 radical (unpaired) electrons. The monoisotopic (exact) mass is 437 g/mol. The van der Waals surface area contributed by atoms with Gasteiger partial charge in [-0.15, -0.1) is 6.58 Å². The molecule has 29 heavy (non-hydrogen) atoms. The second-order valence-corrected chi connectivity index (χ2v) is 8.14. The van der Waals surface area contributed by atoms with Crippen LogP contribution >= 0.6 is 0 Å². The number of hydrogen-bond donors (Lipinski definition) is 0. The molecule has 0 aromatic heterocycles. The molecule has 3 fully saturated rings. The van der Waals surface area contributed by atoms with Gasteiger partial charge in [-0.2, -0.15) is 0 Å². The van der Waals surface area contributed by atoms with Crippen LogP contribution in [0.3, 0.4) is 0 Å². The van der Waals surface area contributed by atoms with Crippen molar-refractivity contribution in [3.8, 4) is 0 Å². The number of esters is 1. The van der Waals surface area contributed by atoms with Gasteiger partial charge in [0.05, 0.1) is 0 Å². The van der Waals surface area contributed by atoms with Gasteiger partial charge in [-0.25, -0.2) is 4.79 Å². The van der Waals surface area contributed by atoms with Crippen molar-refractivity contribution in [1.29, 1.82) is 0 Å². The van der Waals surface area contributed by atoms with Gasteiger partial charge >= 0.3 is 23.0 Å². The molecule has 0 aromatic rings. The standard InChI is InChI=1S/C19H26NO3.C5H5.Fe/c1-6-12-19(13-7-2)17(22)23-15(14-10-8-9-11-14)20(19)16(21)18(3,4)5;1-2-4-5-3-1;/h6,8-11,15H,1,7,12-13H2,2-5H3;1-5H;/q;;+2/t15-,19-;;/m0../s1. The summed E-state index contributed by atoms with van der Waals surface area (Å²) >= 11 is 0. The van der Waals surface area contributed by atoms with E-state index in [0.29, 0.717) is 12.8 Å². The Bertz CT molecular complexity index is 539. The number of ether oxygens (including phenoxy) is 1. The summed E-state index contributed by atoms with van der Waals surface area (Å²) in [4.78, 5) is 27.6. The second-order valence-electron chi connectivity index (χ2n) is 8.14. The quantitative estimate of drug-likeness (QED) is 0.367. The van der Waals surface area contributed by atoms with Crippen LogP contribution in [0.4, 0.5) is 0 Å². The fraction of sp³-hybridized carbons (Fsp3) is 0.417. The first-order valence-corrected chi connectivity index (χ1v) is 9.82. The third-order valence-corrected chi connectivity index (χ3v) is 4.83. The van der Waals surface area contributed by atoms with Crippen LogP contribution in [0.1, 0.15) is 47.0 Å². The fourth-order valence-corrected chi connectivity index (χ4v) is 3.50. The van der Waals surface area contributed by atoms with Gasteiger partial charge in [0.15, 0.2) is 6.23 Å². The minimum absolute atomic E-state index is 0. The molecule has 1 saturated heterocycles. The smallest absolute Gasteiger partial charge is 0.439 e. The average molecular weight is 437 g/mol. The molecule has 0 aromatic carbocycles. The third kappa shape index (κ3) is 6.10. The maximum atomic E-state index is 13.1. The predicted octanol–water partition coefficient (Wildman–Crippen LogP) is 4.28. The van der Waals surface area contributed by atoms with Gasteiger partial charge in [-0.05, 0) is 70.6 Å². The summed E-state index contributed by atoms with van der Waals surface area (Å²) in [6.07, 6.45) is 20.3. The molecule has 3 rings (SSSR count). The van der Waals surface area contributed by atoms with Crippen LogP contribution in [0.25, 0.3) is 0 Å². The summed E-state index contributed by atoms with van der Waals surface area (Å²) in [7, 11) is 0. The molecule has 0 unspecified atom stereocenters. The van der Waals surface area contributed by atoms with Crippen molar-refractivity contribution in [2.24, 2.45) is 5.41 Å². The van der Waals surface area contributed by atoms with E-state index in [9.17, 15) is 9.59 Å². The van der Waals surface area contributed by atoms with E-state index >= 15 is 0 Å². The molecule has 1 aliphatic heterocycles. The maximum Gasteiger partial charge on any atom is 2.00 e. The molecule has 1 amide bonds. The number of cyclic esters (lactones) is 1. The predicted molar refractivity (Wildman–Crippen MR) is 111 cm³/mol. The van der Waals surface area contributed by atoms with Gasteiger partial charge in [0.2, 0.25) is 5.91 Å². The molecule has 156 valence electrons. The van der Waals surface area contributed by atoms with Crippen molar-refractivity contribution in [2.45, 2.75) is 58.7 Å². The second kappa shape index (κ2) is 11.6. The fourth-order valence-electron chi connectivity index (χ4n) is 3.50. The summed E-state index contributed by atoms with van der Waals surface area (Å²) in [5.74, 6) is 0.422. The molecule has 2 atom stereocenters. The average Bonchev–Trinajstić information content (AvgIpc) is 3.38. The van der Waals surface area contributed by atoms with Gasteiger partial charge in [-0.1, -0.05) is 40.2 Å². The molecule has 2 aliphatic carbocycles. The Morgan fingerprint density at radius 1 is 1.14 bits per heavy atom. The van der Waals surface area contributed by atoms with E-state index in [1.54, 1.807) is 11.0 Å². The molecular formula is C24H31FeNO3+2. The van der Waals surface area contributed by atoms with Gasteiger partial charge in [0, 0.05) is 11.3 Å². The van der Waals surface area contributed by atoms with Gasteiger partial charge in [0.1, 0.15) is 5.54 Å². The van der Waals surface area contributed by atoms with Crippen molar-refractivity contribution in [3.05, 3.63) is 76.4 Å². The van der Waals surface area contributed by atoms with Crippen LogP contribution in [0.5, 0.6) is 0 Å². The Hall–Kier alpha value is -0.801. The largest absolute Gasteiger partial charge is 2.00 e. The summed E-state index contributed by atoms with van der Waals surface area (Å²) in [5, 5.41) is 0. The first-order chi connectivity index (χ1) is 13.3. The van der Waals surface area contributed by atoms with E-state index in [4.69, 9.17) is 4.74 Å². The molecule has 2 saturated carbocycles. The zero-order valence-corrected chi connectivity index (χ0v) is 18.8. The van der Waals surface area contributed by atoms with E-state index in [0.717, 1.165) is 12.3 Å². The first-order valence-electron chi connectivity index (χ1n) is 9.82. The van der Waals surface area contributed by atoms with Crippen LogP contribution in [0.15, 0.2) is 12.7 Å². The molecule has 0 N–H and O–H groups in total. The van der Waals surface area contributed by atoms with Crippen molar-refractivity contribution in [2.75, 3.05) is 0 Å². The summed E-state index contributed by atoms with van der Waals surface area (Å²) in [6.45, 7) is 11.4. The number of carbonyl (C=O) groups excluding carboxylic acids is 2. The zero-order chi connectivity index (χ0) is 20.8. The minimum atomic E-state index is -0.956. The number of rotatable bonds is 5. The summed E-state index contributed by atoms with van der Waals surface area (Å²) < 4.78 is 5.67. The van der Waals surface area contributed by atoms with E-state index < -0.39 is 17.2 Å². The summed E-state index contributed by atoms with van der Waals surface area (Å²) in [5.41, 5.74) is -1.55. The van der Waals surface area contributed by atoms with Crippen molar-refractivity contribution >= 4 is 11.9 Å². The normalized spacial score (nSPS) is 27.1. The van der Waals surface area contributed by atoms with E-state index in [1.807, 2.05) is 85.5 Å².